The fourth-order valence-electron chi connectivity index (χ4n) is 5.81. The van der Waals surface area contributed by atoms with Gasteiger partial charge < -0.3 is 29.2 Å². The van der Waals surface area contributed by atoms with Gasteiger partial charge in [-0.1, -0.05) is 60.7 Å². The van der Waals surface area contributed by atoms with Crippen LogP contribution in [0.1, 0.15) is 39.0 Å². The van der Waals surface area contributed by atoms with Crippen molar-refractivity contribution in [3.8, 4) is 11.5 Å². The normalized spacial score (nSPS) is 17.8. The number of anilines is 1. The molecule has 1 unspecified atom stereocenters. The Bertz CT molecular complexity index is 1890. The van der Waals surface area contributed by atoms with Crippen molar-refractivity contribution in [3.05, 3.63) is 141 Å². The summed E-state index contributed by atoms with van der Waals surface area (Å²) in [6, 6.07) is 29.4. The van der Waals surface area contributed by atoms with Crippen molar-refractivity contribution < 1.29 is 37.7 Å². The first kappa shape index (κ1) is 34.1. The third kappa shape index (κ3) is 7.47. The number of benzene rings is 3. The van der Waals surface area contributed by atoms with Gasteiger partial charge in [0.1, 0.15) is 41.4 Å². The second-order valence-corrected chi connectivity index (χ2v) is 12.6. The van der Waals surface area contributed by atoms with Gasteiger partial charge in [-0.3, -0.25) is 9.36 Å². The summed E-state index contributed by atoms with van der Waals surface area (Å²) in [5.41, 5.74) is 0.440. The molecule has 3 heterocycles. The SMILES string of the molecule is COc1ccc(C(OC[C@H]2O[C@@H](n3ccc(NC(=O)c4cccs4)nc3=O)C[C@@H]2O[P+](=O)[O-])(c2ccccc2)c2ccc(OC)cc2)cc1. The third-order valence-electron chi connectivity index (χ3n) is 8.17. The van der Waals surface area contributed by atoms with E-state index in [1.807, 2.05) is 78.9 Å². The molecule has 12 nitrogen and oxygen atoms in total. The van der Waals surface area contributed by atoms with Crippen LogP contribution < -0.4 is 25.4 Å². The Hall–Kier alpha value is -4.75. The highest BCUT2D eigenvalue weighted by molar-refractivity contribution is 7.30. The van der Waals surface area contributed by atoms with Gasteiger partial charge in [0.15, 0.2) is 0 Å². The molecular formula is C35H32N3O9PS. The van der Waals surface area contributed by atoms with Gasteiger partial charge in [0.25, 0.3) is 5.91 Å². The first-order valence-corrected chi connectivity index (χ1v) is 17.2. The molecule has 14 heteroatoms. The molecule has 1 aliphatic heterocycles. The van der Waals surface area contributed by atoms with E-state index in [0.29, 0.717) is 16.4 Å². The van der Waals surface area contributed by atoms with Gasteiger partial charge in [-0.15, -0.1) is 15.9 Å². The fourth-order valence-corrected chi connectivity index (χ4v) is 6.87. The molecule has 6 rings (SSSR count). The molecule has 252 valence electrons. The molecule has 2 aromatic heterocycles. The van der Waals surface area contributed by atoms with Crippen LogP contribution in [0.3, 0.4) is 0 Å². The van der Waals surface area contributed by atoms with Crippen molar-refractivity contribution in [1.82, 2.24) is 9.55 Å². The van der Waals surface area contributed by atoms with Gasteiger partial charge in [0, 0.05) is 12.6 Å². The molecule has 49 heavy (non-hydrogen) atoms. The highest BCUT2D eigenvalue weighted by atomic mass is 32.1. The summed E-state index contributed by atoms with van der Waals surface area (Å²) < 4.78 is 42.4. The van der Waals surface area contributed by atoms with E-state index in [-0.39, 0.29) is 18.8 Å². The lowest BCUT2D eigenvalue weighted by molar-refractivity contribution is -0.192. The maximum absolute atomic E-state index is 13.1. The number of aromatic nitrogens is 2. The van der Waals surface area contributed by atoms with E-state index in [1.54, 1.807) is 31.7 Å². The zero-order chi connectivity index (χ0) is 34.4. The van der Waals surface area contributed by atoms with Gasteiger partial charge in [-0.05, 0) is 63.0 Å². The van der Waals surface area contributed by atoms with E-state index < -0.39 is 43.9 Å². The first-order chi connectivity index (χ1) is 23.8. The summed E-state index contributed by atoms with van der Waals surface area (Å²) in [5.74, 6) is 0.995. The van der Waals surface area contributed by atoms with Crippen LogP contribution >= 0.6 is 19.6 Å². The highest BCUT2D eigenvalue weighted by Crippen LogP contribution is 2.43. The zero-order valence-electron chi connectivity index (χ0n) is 26.5. The molecule has 1 N–H and O–H groups in total. The van der Waals surface area contributed by atoms with E-state index in [2.05, 4.69) is 10.3 Å². The monoisotopic (exact) mass is 701 g/mol. The standard InChI is InChI=1S/C35H32N3O9PS/c1-43-26-14-10-24(11-15-26)35(23-7-4-3-5-8-23,25-12-16-27(44-2)17-13-25)45-22-29-28(47-48(41)42)21-32(46-29)38-19-18-31(37-34(38)40)36-33(39)30-9-6-20-49-30/h3-20,28-29,32H,21-22H2,1-2H3,(H,36,37,39,40)/t28-,29+,32+/m0/s1. The number of carbonyl (C=O) groups excluding carboxylic acids is 1. The third-order valence-corrected chi connectivity index (χ3v) is 9.48. The minimum absolute atomic E-state index is 0.0171. The van der Waals surface area contributed by atoms with E-state index in [1.165, 1.54) is 28.2 Å². The lowest BCUT2D eigenvalue weighted by Crippen LogP contribution is -2.38. The minimum Gasteiger partial charge on any atom is -0.566 e. The van der Waals surface area contributed by atoms with E-state index >= 15 is 0 Å². The summed E-state index contributed by atoms with van der Waals surface area (Å²) in [7, 11) is -0.0872. The molecule has 1 amide bonds. The Morgan fingerprint density at radius 1 is 0.959 bits per heavy atom. The molecule has 0 bridgehead atoms. The second-order valence-electron chi connectivity index (χ2n) is 11.0. The smallest absolute Gasteiger partial charge is 0.488 e. The van der Waals surface area contributed by atoms with E-state index in [4.69, 9.17) is 23.5 Å². The van der Waals surface area contributed by atoms with Crippen molar-refractivity contribution >= 4 is 31.3 Å². The number of hydrogen-bond donors (Lipinski definition) is 1. The molecule has 0 aliphatic carbocycles. The Morgan fingerprint density at radius 2 is 1.59 bits per heavy atom. The van der Waals surface area contributed by atoms with Gasteiger partial charge in [0.05, 0.1) is 25.7 Å². The number of carbonyl (C=O) groups is 1. The van der Waals surface area contributed by atoms with E-state index in [0.717, 1.165) is 16.7 Å². The maximum Gasteiger partial charge on any atom is 0.488 e. The maximum atomic E-state index is 13.1. The first-order valence-electron chi connectivity index (χ1n) is 15.2. The Labute approximate surface area is 286 Å². The molecule has 1 aliphatic rings. The summed E-state index contributed by atoms with van der Waals surface area (Å²) in [4.78, 5) is 41.9. The van der Waals surface area contributed by atoms with Gasteiger partial charge in [-0.2, -0.15) is 4.98 Å². The van der Waals surface area contributed by atoms with Crippen LogP contribution in [0.4, 0.5) is 5.82 Å². The number of hydrogen-bond acceptors (Lipinski definition) is 11. The van der Waals surface area contributed by atoms with Crippen LogP contribution in [0.15, 0.2) is 113 Å². The quantitative estimate of drug-likeness (QED) is 0.127. The fraction of sp³-hybridized carbons (Fsp3) is 0.229. The number of ether oxygens (including phenoxy) is 4. The lowest BCUT2D eigenvalue weighted by Gasteiger charge is -2.37. The van der Waals surface area contributed by atoms with Crippen LogP contribution in [-0.4, -0.2) is 48.5 Å². The predicted octanol–water partition coefficient (Wildman–Crippen LogP) is 5.27. The number of rotatable bonds is 13. The average Bonchev–Trinajstić information content (AvgIpc) is 3.80. The number of nitrogens with one attached hydrogen (secondary N) is 1. The van der Waals surface area contributed by atoms with Crippen LogP contribution in [0.25, 0.3) is 0 Å². The number of nitrogens with zero attached hydrogens (tertiary/aromatic N) is 2. The molecule has 0 saturated carbocycles. The van der Waals surface area contributed by atoms with Gasteiger partial charge in [0.2, 0.25) is 0 Å². The van der Waals surface area contributed by atoms with Crippen LogP contribution in [0, 0.1) is 0 Å². The van der Waals surface area contributed by atoms with Crippen LogP contribution in [-0.2, 0) is 24.2 Å². The van der Waals surface area contributed by atoms with Crippen molar-refractivity contribution in [1.29, 1.82) is 0 Å². The highest BCUT2D eigenvalue weighted by Gasteiger charge is 2.45. The topological polar surface area (TPSA) is 150 Å². The number of thiophene rings is 1. The Kier molecular flexibility index (Phi) is 10.6. The van der Waals surface area contributed by atoms with Crippen LogP contribution in [0.5, 0.6) is 11.5 Å². The van der Waals surface area contributed by atoms with Crippen LogP contribution in [0.2, 0.25) is 0 Å². The summed E-state index contributed by atoms with van der Waals surface area (Å²) >= 11 is 1.26. The molecular weight excluding hydrogens is 669 g/mol. The molecule has 1 saturated heterocycles. The molecule has 1 fully saturated rings. The molecule has 5 aromatic rings. The van der Waals surface area contributed by atoms with Crippen molar-refractivity contribution in [2.45, 2.75) is 30.5 Å². The van der Waals surface area contributed by atoms with Gasteiger partial charge >= 0.3 is 13.9 Å². The van der Waals surface area contributed by atoms with Crippen molar-refractivity contribution in [2.75, 3.05) is 26.1 Å². The lowest BCUT2D eigenvalue weighted by atomic mass is 9.80. The van der Waals surface area contributed by atoms with E-state index in [9.17, 15) is 19.0 Å². The predicted molar refractivity (Wildman–Crippen MR) is 180 cm³/mol. The largest absolute Gasteiger partial charge is 0.566 e. The zero-order valence-corrected chi connectivity index (χ0v) is 28.2. The Morgan fingerprint density at radius 3 is 2.14 bits per heavy atom. The Balaban J connectivity index is 1.32. The minimum atomic E-state index is -3.26. The average molecular weight is 702 g/mol. The van der Waals surface area contributed by atoms with Gasteiger partial charge in [-0.25, -0.2) is 4.79 Å². The number of methoxy groups -OCH3 is 2. The summed E-state index contributed by atoms with van der Waals surface area (Å²) in [6.45, 7) is -0.131. The molecule has 0 spiro atoms. The number of amides is 1. The molecule has 0 radical (unpaired) electrons. The van der Waals surface area contributed by atoms with Crippen molar-refractivity contribution in [2.24, 2.45) is 0 Å². The summed E-state index contributed by atoms with van der Waals surface area (Å²) in [6.07, 6.45) is -1.36. The molecule has 3 aromatic carbocycles. The summed E-state index contributed by atoms with van der Waals surface area (Å²) in [5, 5.41) is 4.38. The van der Waals surface area contributed by atoms with Crippen molar-refractivity contribution in [3.63, 3.8) is 0 Å². The molecule has 4 atom stereocenters. The second kappa shape index (κ2) is 15.2.